The number of nitrogens with zero attached hydrogens (tertiary/aromatic N) is 2. The van der Waals surface area contributed by atoms with Crippen molar-refractivity contribution in [3.05, 3.63) is 29.3 Å². The van der Waals surface area contributed by atoms with Crippen molar-refractivity contribution in [1.82, 2.24) is 15.2 Å². The van der Waals surface area contributed by atoms with Crippen LogP contribution in [0.15, 0.2) is 24.3 Å². The van der Waals surface area contributed by atoms with Crippen LogP contribution in [0.3, 0.4) is 0 Å². The number of carbonyl (C=O) groups is 1. The molecule has 1 aromatic carbocycles. The molecule has 0 bridgehead atoms. The van der Waals surface area contributed by atoms with Gasteiger partial charge in [-0.05, 0) is 31.4 Å². The number of nitrogens with one attached hydrogen (secondary N) is 1. The zero-order valence-corrected chi connectivity index (χ0v) is 13.8. The van der Waals surface area contributed by atoms with E-state index in [-0.39, 0.29) is 12.1 Å². The smallest absolute Gasteiger partial charge is 0.318 e. The number of rotatable bonds is 3. The first-order chi connectivity index (χ1) is 11.3. The molecule has 2 aromatic rings. The van der Waals surface area contributed by atoms with Crippen molar-refractivity contribution in [2.24, 2.45) is 5.92 Å². The van der Waals surface area contributed by atoms with Gasteiger partial charge in [0, 0.05) is 25.6 Å². The molecule has 4 rings (SSSR count). The number of hydrogen-bond acceptors (Lipinski definition) is 4. The molecule has 0 saturated carbocycles. The molecule has 2 saturated heterocycles. The number of carbonyl (C=O) groups excluding carboxylic acids is 1. The lowest BCUT2D eigenvalue weighted by atomic mass is 10.1. The van der Waals surface area contributed by atoms with Crippen molar-refractivity contribution in [2.75, 3.05) is 26.3 Å². The van der Waals surface area contributed by atoms with E-state index < -0.39 is 0 Å². The summed E-state index contributed by atoms with van der Waals surface area (Å²) < 4.78 is 6.56. The monoisotopic (exact) mass is 331 g/mol. The SMILES string of the molecule is O=C(NC[C@@H]1CCOC1)N1CCC[C@H]1c1nc2ccccc2s1. The molecule has 0 aliphatic carbocycles. The van der Waals surface area contributed by atoms with Crippen LogP contribution in [-0.4, -0.2) is 42.2 Å². The minimum absolute atomic E-state index is 0.0404. The third-order valence-electron chi connectivity index (χ3n) is 4.68. The van der Waals surface area contributed by atoms with Crippen molar-refractivity contribution >= 4 is 27.6 Å². The van der Waals surface area contributed by atoms with Crippen LogP contribution < -0.4 is 5.32 Å². The zero-order chi connectivity index (χ0) is 15.6. The topological polar surface area (TPSA) is 54.5 Å². The van der Waals surface area contributed by atoms with Crippen LogP contribution in [0, 0.1) is 5.92 Å². The lowest BCUT2D eigenvalue weighted by Gasteiger charge is -2.24. The van der Waals surface area contributed by atoms with Gasteiger partial charge in [0.1, 0.15) is 5.01 Å². The molecule has 2 aliphatic rings. The number of aromatic nitrogens is 1. The maximum atomic E-state index is 12.6. The molecule has 5 nitrogen and oxygen atoms in total. The molecule has 0 radical (unpaired) electrons. The Hall–Kier alpha value is -1.66. The van der Waals surface area contributed by atoms with E-state index in [0.717, 1.165) is 49.5 Å². The average Bonchev–Trinajstić information content (AvgIpc) is 3.31. The first kappa shape index (κ1) is 14.9. The summed E-state index contributed by atoms with van der Waals surface area (Å²) in [5, 5.41) is 4.14. The van der Waals surface area contributed by atoms with Crippen LogP contribution in [0.5, 0.6) is 0 Å². The quantitative estimate of drug-likeness (QED) is 0.940. The number of fused-ring (bicyclic) bond motifs is 1. The van der Waals surface area contributed by atoms with Crippen LogP contribution >= 0.6 is 11.3 Å². The van der Waals surface area contributed by atoms with E-state index in [2.05, 4.69) is 11.4 Å². The minimum Gasteiger partial charge on any atom is -0.381 e. The van der Waals surface area contributed by atoms with Gasteiger partial charge in [0.2, 0.25) is 0 Å². The number of likely N-dealkylation sites (tertiary alicyclic amines) is 1. The van der Waals surface area contributed by atoms with Crippen LogP contribution in [0.4, 0.5) is 4.79 Å². The van der Waals surface area contributed by atoms with Crippen molar-refractivity contribution in [1.29, 1.82) is 0 Å². The molecule has 0 spiro atoms. The van der Waals surface area contributed by atoms with Crippen molar-refractivity contribution in [3.63, 3.8) is 0 Å². The second kappa shape index (κ2) is 6.45. The lowest BCUT2D eigenvalue weighted by molar-refractivity contribution is 0.179. The van der Waals surface area contributed by atoms with Gasteiger partial charge in [-0.1, -0.05) is 12.1 Å². The van der Waals surface area contributed by atoms with Gasteiger partial charge in [-0.2, -0.15) is 0 Å². The molecule has 2 atom stereocenters. The molecule has 3 heterocycles. The van der Waals surface area contributed by atoms with Gasteiger partial charge in [-0.15, -0.1) is 11.3 Å². The number of ether oxygens (including phenoxy) is 1. The molecule has 1 aromatic heterocycles. The molecular weight excluding hydrogens is 310 g/mol. The second-order valence-electron chi connectivity index (χ2n) is 6.29. The highest BCUT2D eigenvalue weighted by molar-refractivity contribution is 7.18. The summed E-state index contributed by atoms with van der Waals surface area (Å²) in [7, 11) is 0. The first-order valence-electron chi connectivity index (χ1n) is 8.29. The highest BCUT2D eigenvalue weighted by atomic mass is 32.1. The molecule has 0 unspecified atom stereocenters. The van der Waals surface area contributed by atoms with Crippen LogP contribution in [-0.2, 0) is 4.74 Å². The van der Waals surface area contributed by atoms with Crippen LogP contribution in [0.1, 0.15) is 30.3 Å². The van der Waals surface area contributed by atoms with E-state index in [1.54, 1.807) is 11.3 Å². The van der Waals surface area contributed by atoms with Crippen molar-refractivity contribution in [2.45, 2.75) is 25.3 Å². The molecule has 2 aliphatic heterocycles. The molecule has 2 amide bonds. The molecule has 122 valence electrons. The molecule has 23 heavy (non-hydrogen) atoms. The van der Waals surface area contributed by atoms with Gasteiger partial charge in [0.15, 0.2) is 0 Å². The van der Waals surface area contributed by atoms with E-state index in [1.165, 1.54) is 4.70 Å². The first-order valence-corrected chi connectivity index (χ1v) is 9.10. The van der Waals surface area contributed by atoms with Crippen molar-refractivity contribution in [3.8, 4) is 0 Å². The lowest BCUT2D eigenvalue weighted by Crippen LogP contribution is -2.41. The third kappa shape index (κ3) is 3.05. The Bertz CT molecular complexity index is 663. The Morgan fingerprint density at radius 3 is 3.13 bits per heavy atom. The minimum atomic E-state index is 0.0404. The standard InChI is InChI=1S/C17H21N3O2S/c21-17(18-10-12-7-9-22-11-12)20-8-3-5-14(20)16-19-13-4-1-2-6-15(13)23-16/h1-2,4,6,12,14H,3,5,7-11H2,(H,18,21)/t12-,14-/m0/s1. The van der Waals surface area contributed by atoms with Gasteiger partial charge < -0.3 is 15.0 Å². The largest absolute Gasteiger partial charge is 0.381 e. The van der Waals surface area contributed by atoms with E-state index >= 15 is 0 Å². The molecule has 6 heteroatoms. The van der Waals surface area contributed by atoms with Gasteiger partial charge in [-0.25, -0.2) is 9.78 Å². The van der Waals surface area contributed by atoms with E-state index in [0.29, 0.717) is 12.5 Å². The zero-order valence-electron chi connectivity index (χ0n) is 13.0. The summed E-state index contributed by atoms with van der Waals surface area (Å²) in [6.45, 7) is 3.11. The summed E-state index contributed by atoms with van der Waals surface area (Å²) in [6.07, 6.45) is 3.09. The number of benzene rings is 1. The number of hydrogen-bond donors (Lipinski definition) is 1. The van der Waals surface area contributed by atoms with Crippen LogP contribution in [0.2, 0.25) is 0 Å². The predicted molar refractivity (Wildman–Crippen MR) is 90.6 cm³/mol. The number of amides is 2. The fraction of sp³-hybridized carbons (Fsp3) is 0.529. The highest BCUT2D eigenvalue weighted by Crippen LogP contribution is 2.36. The summed E-state index contributed by atoms with van der Waals surface area (Å²) in [5.74, 6) is 0.461. The fourth-order valence-corrected chi connectivity index (χ4v) is 4.49. The Kier molecular flexibility index (Phi) is 4.18. The van der Waals surface area contributed by atoms with Gasteiger partial charge in [0.05, 0.1) is 22.9 Å². The molecule has 1 N–H and O–H groups in total. The highest BCUT2D eigenvalue weighted by Gasteiger charge is 2.32. The predicted octanol–water partition coefficient (Wildman–Crippen LogP) is 3.18. The number of urea groups is 1. The van der Waals surface area contributed by atoms with Gasteiger partial charge in [-0.3, -0.25) is 0 Å². The molecular formula is C17H21N3O2S. The fourth-order valence-electron chi connectivity index (χ4n) is 3.38. The average molecular weight is 331 g/mol. The Morgan fingerprint density at radius 1 is 1.39 bits per heavy atom. The Balaban J connectivity index is 1.46. The molecule has 2 fully saturated rings. The van der Waals surface area contributed by atoms with E-state index in [4.69, 9.17) is 9.72 Å². The maximum Gasteiger partial charge on any atom is 0.318 e. The Labute approximate surface area is 139 Å². The number of para-hydroxylation sites is 1. The van der Waals surface area contributed by atoms with Crippen LogP contribution in [0.25, 0.3) is 10.2 Å². The second-order valence-corrected chi connectivity index (χ2v) is 7.35. The third-order valence-corrected chi connectivity index (χ3v) is 5.81. The summed E-state index contributed by atoms with van der Waals surface area (Å²) in [5.41, 5.74) is 1.03. The van der Waals surface area contributed by atoms with E-state index in [1.807, 2.05) is 23.1 Å². The van der Waals surface area contributed by atoms with E-state index in [9.17, 15) is 4.79 Å². The maximum absolute atomic E-state index is 12.6. The summed E-state index contributed by atoms with van der Waals surface area (Å²) >= 11 is 1.71. The normalized spacial score (nSPS) is 24.4. The number of thiazole rings is 1. The van der Waals surface area contributed by atoms with Crippen molar-refractivity contribution < 1.29 is 9.53 Å². The van der Waals surface area contributed by atoms with Gasteiger partial charge in [0.25, 0.3) is 0 Å². The summed E-state index contributed by atoms with van der Waals surface area (Å²) in [4.78, 5) is 19.2. The summed E-state index contributed by atoms with van der Waals surface area (Å²) in [6, 6.07) is 8.33. The van der Waals surface area contributed by atoms with Gasteiger partial charge >= 0.3 is 6.03 Å². The Morgan fingerprint density at radius 2 is 2.30 bits per heavy atom.